The van der Waals surface area contributed by atoms with Crippen LogP contribution in [0.1, 0.15) is 66.2 Å². The number of carboxylic acids is 1. The largest absolute Gasteiger partial charge is 0.481 e. The van der Waals surface area contributed by atoms with E-state index in [-0.39, 0.29) is 17.3 Å². The second kappa shape index (κ2) is 5.08. The molecular weight excluding hydrogens is 320 g/mol. The van der Waals surface area contributed by atoms with Crippen molar-refractivity contribution in [3.05, 3.63) is 11.6 Å². The van der Waals surface area contributed by atoms with Crippen molar-refractivity contribution in [1.29, 1.82) is 0 Å². The molecule has 3 fully saturated rings. The summed E-state index contributed by atoms with van der Waals surface area (Å²) in [5, 5.41) is 20.9. The predicted molar refractivity (Wildman–Crippen MR) is 91.6 cm³/mol. The van der Waals surface area contributed by atoms with Crippen molar-refractivity contribution in [1.82, 2.24) is 0 Å². The maximum Gasteiger partial charge on any atom is 0.309 e. The summed E-state index contributed by atoms with van der Waals surface area (Å²) in [6, 6.07) is 0. The number of carboxylic acid groups (broad SMARTS) is 1. The van der Waals surface area contributed by atoms with Crippen LogP contribution in [-0.2, 0) is 14.6 Å². The van der Waals surface area contributed by atoms with Gasteiger partial charge in [0.05, 0.1) is 11.5 Å². The minimum Gasteiger partial charge on any atom is -0.481 e. The van der Waals surface area contributed by atoms with E-state index in [9.17, 15) is 15.0 Å². The first-order valence-corrected chi connectivity index (χ1v) is 9.63. The van der Waals surface area contributed by atoms with Gasteiger partial charge < -0.3 is 10.2 Å². The van der Waals surface area contributed by atoms with Gasteiger partial charge in [0.15, 0.2) is 0 Å². The number of aliphatic carboxylic acids is 1. The van der Waals surface area contributed by atoms with Gasteiger partial charge in [0.25, 0.3) is 0 Å². The zero-order chi connectivity index (χ0) is 18.3. The Labute approximate surface area is 149 Å². The summed E-state index contributed by atoms with van der Waals surface area (Å²) in [4.78, 5) is 24.2. The van der Waals surface area contributed by atoms with E-state index in [0.717, 1.165) is 31.3 Å². The monoisotopic (exact) mass is 350 g/mol. The molecule has 2 aliphatic heterocycles. The molecule has 2 N–H and O–H groups in total. The number of hydrogen-bond acceptors (Lipinski definition) is 4. The first-order chi connectivity index (χ1) is 11.6. The van der Waals surface area contributed by atoms with E-state index in [0.29, 0.717) is 12.8 Å². The number of aliphatic hydroxyl groups is 1. The SMILES string of the molecule is CC(C)[C@@]12C=C3[C@@H](O)C[C@H]4[C@](C)(C(=O)O)CCC[C@]4(C)[C@]3(CC1)OO2. The Morgan fingerprint density at radius 1 is 1.20 bits per heavy atom. The molecule has 6 atom stereocenters. The van der Waals surface area contributed by atoms with Crippen LogP contribution in [0, 0.1) is 22.7 Å². The standard InChI is InChI=1S/C20H30O5/c1-12(2)19-8-9-20(25-24-19)13(11-19)14(21)10-15-17(3,16(22)23)6-5-7-18(15,20)4/h11-12,14-15,21H,5-10H2,1-4H3,(H,22,23)/t14-,15-,17+,18-,19-,20+/m0/s1. The van der Waals surface area contributed by atoms with Crippen LogP contribution in [0.25, 0.3) is 0 Å². The van der Waals surface area contributed by atoms with Gasteiger partial charge in [0.2, 0.25) is 0 Å². The molecule has 5 rings (SSSR count). The molecular formula is C20H30O5. The third kappa shape index (κ3) is 1.92. The molecule has 5 nitrogen and oxygen atoms in total. The Morgan fingerprint density at radius 2 is 1.92 bits per heavy atom. The first kappa shape index (κ1) is 17.5. The van der Waals surface area contributed by atoms with Gasteiger partial charge in [-0.2, -0.15) is 0 Å². The Hall–Kier alpha value is -0.910. The smallest absolute Gasteiger partial charge is 0.309 e. The molecule has 0 aromatic carbocycles. The maximum absolute atomic E-state index is 12.1. The summed E-state index contributed by atoms with van der Waals surface area (Å²) >= 11 is 0. The summed E-state index contributed by atoms with van der Waals surface area (Å²) in [5.74, 6) is -0.637. The van der Waals surface area contributed by atoms with Crippen LogP contribution in [0.3, 0.4) is 0 Å². The van der Waals surface area contributed by atoms with Gasteiger partial charge in [0.1, 0.15) is 11.2 Å². The van der Waals surface area contributed by atoms with E-state index in [1.807, 2.05) is 6.92 Å². The molecule has 0 amide bonds. The van der Waals surface area contributed by atoms with Gasteiger partial charge in [-0.25, -0.2) is 9.78 Å². The highest BCUT2D eigenvalue weighted by atomic mass is 17.2. The minimum absolute atomic E-state index is 0.133. The number of carbonyl (C=O) groups is 1. The summed E-state index contributed by atoms with van der Waals surface area (Å²) in [6.45, 7) is 8.23. The van der Waals surface area contributed by atoms with Gasteiger partial charge in [-0.15, -0.1) is 0 Å². The van der Waals surface area contributed by atoms with Gasteiger partial charge in [-0.3, -0.25) is 4.79 Å². The molecule has 1 saturated heterocycles. The van der Waals surface area contributed by atoms with Crippen LogP contribution < -0.4 is 0 Å². The third-order valence-electron chi connectivity index (χ3n) is 8.21. The zero-order valence-corrected chi connectivity index (χ0v) is 15.7. The van der Waals surface area contributed by atoms with Gasteiger partial charge in [-0.05, 0) is 62.5 Å². The minimum atomic E-state index is -0.832. The average molecular weight is 350 g/mol. The molecule has 5 aliphatic rings. The molecule has 0 radical (unpaired) electrons. The Morgan fingerprint density at radius 3 is 2.48 bits per heavy atom. The van der Waals surface area contributed by atoms with Gasteiger partial charge >= 0.3 is 5.97 Å². The molecule has 5 heteroatoms. The summed E-state index contributed by atoms with van der Waals surface area (Å²) in [7, 11) is 0. The van der Waals surface area contributed by atoms with Crippen molar-refractivity contribution in [2.24, 2.45) is 22.7 Å². The van der Waals surface area contributed by atoms with E-state index in [1.165, 1.54) is 0 Å². The highest BCUT2D eigenvalue weighted by Gasteiger charge is 2.71. The lowest BCUT2D eigenvalue weighted by Gasteiger charge is -2.67. The fourth-order valence-electron chi connectivity index (χ4n) is 6.38. The van der Waals surface area contributed by atoms with Gasteiger partial charge in [-0.1, -0.05) is 27.2 Å². The fourth-order valence-corrected chi connectivity index (χ4v) is 6.38. The van der Waals surface area contributed by atoms with E-state index in [2.05, 4.69) is 26.8 Å². The highest BCUT2D eigenvalue weighted by Crippen LogP contribution is 2.68. The number of rotatable bonds is 2. The normalized spacial score (nSPS) is 51.7. The zero-order valence-electron chi connectivity index (χ0n) is 15.7. The Kier molecular flexibility index (Phi) is 3.56. The number of aliphatic hydroxyl groups excluding tert-OH is 1. The number of fused-ring (bicyclic) bond motifs is 3. The van der Waals surface area contributed by atoms with Crippen LogP contribution in [0.15, 0.2) is 11.6 Å². The second-order valence-electron chi connectivity index (χ2n) is 9.50. The van der Waals surface area contributed by atoms with Crippen molar-refractivity contribution >= 4 is 5.97 Å². The molecule has 3 aliphatic carbocycles. The third-order valence-corrected chi connectivity index (χ3v) is 8.21. The highest BCUT2D eigenvalue weighted by molar-refractivity contribution is 5.75. The first-order valence-electron chi connectivity index (χ1n) is 9.63. The molecule has 25 heavy (non-hydrogen) atoms. The Bertz CT molecular complexity index is 630. The quantitative estimate of drug-likeness (QED) is 0.589. The van der Waals surface area contributed by atoms with Crippen molar-refractivity contribution in [3.8, 4) is 0 Å². The van der Waals surface area contributed by atoms with Crippen LogP contribution >= 0.6 is 0 Å². The van der Waals surface area contributed by atoms with E-state index < -0.39 is 28.7 Å². The lowest BCUT2D eigenvalue weighted by Crippen LogP contribution is -2.70. The second-order valence-corrected chi connectivity index (χ2v) is 9.50. The molecule has 2 saturated carbocycles. The predicted octanol–water partition coefficient (Wildman–Crippen LogP) is 3.46. The van der Waals surface area contributed by atoms with Crippen molar-refractivity contribution in [3.63, 3.8) is 0 Å². The molecule has 0 aromatic heterocycles. The van der Waals surface area contributed by atoms with Crippen LogP contribution in [0.5, 0.6) is 0 Å². The van der Waals surface area contributed by atoms with E-state index in [1.54, 1.807) is 0 Å². The molecule has 140 valence electrons. The van der Waals surface area contributed by atoms with Crippen LogP contribution in [-0.4, -0.2) is 33.5 Å². The van der Waals surface area contributed by atoms with Crippen LogP contribution in [0.4, 0.5) is 0 Å². The van der Waals surface area contributed by atoms with E-state index >= 15 is 0 Å². The lowest BCUT2D eigenvalue weighted by molar-refractivity contribution is -0.467. The lowest BCUT2D eigenvalue weighted by atomic mass is 9.42. The summed E-state index contributed by atoms with van der Waals surface area (Å²) < 4.78 is 0. The van der Waals surface area contributed by atoms with Crippen molar-refractivity contribution in [2.75, 3.05) is 0 Å². The molecule has 0 aromatic rings. The summed E-state index contributed by atoms with van der Waals surface area (Å²) in [6.07, 6.45) is 6.01. The van der Waals surface area contributed by atoms with E-state index in [4.69, 9.17) is 9.78 Å². The molecule has 2 bridgehead atoms. The molecule has 1 spiro atoms. The maximum atomic E-state index is 12.1. The van der Waals surface area contributed by atoms with Crippen molar-refractivity contribution < 1.29 is 24.8 Å². The van der Waals surface area contributed by atoms with Crippen LogP contribution in [0.2, 0.25) is 0 Å². The fraction of sp³-hybridized carbons (Fsp3) is 0.850. The van der Waals surface area contributed by atoms with Crippen molar-refractivity contribution in [2.45, 2.75) is 83.5 Å². The molecule has 0 unspecified atom stereocenters. The number of hydrogen-bond donors (Lipinski definition) is 2. The Balaban J connectivity index is 1.86. The van der Waals surface area contributed by atoms with Gasteiger partial charge in [0, 0.05) is 5.41 Å². The average Bonchev–Trinajstić information content (AvgIpc) is 2.58. The summed E-state index contributed by atoms with van der Waals surface area (Å²) in [5.41, 5.74) is -1.39. The topological polar surface area (TPSA) is 76.0 Å². The molecule has 2 heterocycles.